The second-order valence-electron chi connectivity index (χ2n) is 6.32. The van der Waals surface area contributed by atoms with Gasteiger partial charge in [-0.25, -0.2) is 0 Å². The molecule has 0 aromatic heterocycles. The third-order valence-electron chi connectivity index (χ3n) is 4.24. The van der Waals surface area contributed by atoms with E-state index in [2.05, 4.69) is 64.1 Å². The average Bonchev–Trinajstić information content (AvgIpc) is 2.43. The lowest BCUT2D eigenvalue weighted by Gasteiger charge is -2.18. The zero-order valence-corrected chi connectivity index (χ0v) is 13.6. The van der Waals surface area contributed by atoms with E-state index >= 15 is 0 Å². The Morgan fingerprint density at radius 2 is 1.38 bits per heavy atom. The summed E-state index contributed by atoms with van der Waals surface area (Å²) in [6.07, 6.45) is 1.88. The Hall–Kier alpha value is -1.60. The van der Waals surface area contributed by atoms with E-state index in [-0.39, 0.29) is 12.5 Å². The van der Waals surface area contributed by atoms with Crippen LogP contribution in [0.4, 0.5) is 0 Å². The smallest absolute Gasteiger partial charge is 0.0465 e. The molecule has 1 heteroatoms. The Morgan fingerprint density at radius 3 is 1.90 bits per heavy atom. The van der Waals surface area contributed by atoms with Crippen molar-refractivity contribution in [2.45, 2.75) is 40.5 Å². The summed E-state index contributed by atoms with van der Waals surface area (Å²) in [6.45, 7) is 8.83. The fraction of sp³-hybridized carbons (Fsp3) is 0.400. The lowest BCUT2D eigenvalue weighted by Crippen LogP contribution is -2.14. The Morgan fingerprint density at radius 1 is 0.810 bits per heavy atom. The largest absolute Gasteiger partial charge is 0.396 e. The van der Waals surface area contributed by atoms with E-state index in [4.69, 9.17) is 0 Å². The van der Waals surface area contributed by atoms with Gasteiger partial charge >= 0.3 is 0 Å². The van der Waals surface area contributed by atoms with Gasteiger partial charge in [-0.05, 0) is 68.7 Å². The Bertz CT molecular complexity index is 573. The fourth-order valence-electron chi connectivity index (χ4n) is 3.08. The molecule has 1 nitrogen and oxygen atoms in total. The molecule has 0 amide bonds. The number of benzene rings is 2. The van der Waals surface area contributed by atoms with Gasteiger partial charge in [0.25, 0.3) is 0 Å². The van der Waals surface area contributed by atoms with Gasteiger partial charge in [-0.15, -0.1) is 0 Å². The summed E-state index contributed by atoms with van der Waals surface area (Å²) in [7, 11) is 0. The molecule has 0 saturated heterocycles. The molecule has 1 N–H and O–H groups in total. The van der Waals surface area contributed by atoms with Crippen LogP contribution in [0.5, 0.6) is 0 Å². The molecule has 1 unspecified atom stereocenters. The van der Waals surface area contributed by atoms with Crippen molar-refractivity contribution in [1.82, 2.24) is 0 Å². The summed E-state index contributed by atoms with van der Waals surface area (Å²) in [5, 5.41) is 9.74. The standard InChI is InChI=1S/C20H26O/c1-14-5-7-18(8-6-14)11-19(13-21)12-20-16(3)9-15(2)10-17(20)4/h5-10,19,21H,11-13H2,1-4H3. The van der Waals surface area contributed by atoms with Gasteiger partial charge in [0.1, 0.15) is 0 Å². The van der Waals surface area contributed by atoms with Crippen molar-refractivity contribution in [1.29, 1.82) is 0 Å². The first-order valence-corrected chi connectivity index (χ1v) is 7.72. The molecule has 2 rings (SSSR count). The topological polar surface area (TPSA) is 20.2 Å². The fourth-order valence-corrected chi connectivity index (χ4v) is 3.08. The summed E-state index contributed by atoms with van der Waals surface area (Å²) in [4.78, 5) is 0. The maximum absolute atomic E-state index is 9.74. The first kappa shape index (κ1) is 15.8. The number of hydrogen-bond donors (Lipinski definition) is 1. The van der Waals surface area contributed by atoms with Gasteiger partial charge in [0.05, 0.1) is 0 Å². The van der Waals surface area contributed by atoms with E-state index in [1.54, 1.807) is 0 Å². The Labute approximate surface area is 128 Å². The highest BCUT2D eigenvalue weighted by Gasteiger charge is 2.13. The lowest BCUT2D eigenvalue weighted by molar-refractivity contribution is 0.224. The molecular formula is C20H26O. The molecule has 0 aliphatic heterocycles. The summed E-state index contributed by atoms with van der Waals surface area (Å²) in [6, 6.07) is 13.1. The predicted octanol–water partition coefficient (Wildman–Crippen LogP) is 4.31. The normalized spacial score (nSPS) is 12.4. The zero-order valence-electron chi connectivity index (χ0n) is 13.6. The number of aryl methyl sites for hydroxylation is 4. The third kappa shape index (κ3) is 4.18. The summed E-state index contributed by atoms with van der Waals surface area (Å²) in [5.74, 6) is 0.285. The molecule has 0 heterocycles. The highest BCUT2D eigenvalue weighted by molar-refractivity contribution is 5.38. The number of hydrogen-bond acceptors (Lipinski definition) is 1. The molecule has 1 atom stereocenters. The monoisotopic (exact) mass is 282 g/mol. The molecular weight excluding hydrogens is 256 g/mol. The number of rotatable bonds is 5. The van der Waals surface area contributed by atoms with Crippen molar-refractivity contribution in [3.05, 3.63) is 69.8 Å². The summed E-state index contributed by atoms with van der Waals surface area (Å²) >= 11 is 0. The molecule has 0 aliphatic carbocycles. The van der Waals surface area contributed by atoms with Crippen molar-refractivity contribution >= 4 is 0 Å². The second kappa shape index (κ2) is 6.91. The molecule has 2 aromatic rings. The van der Waals surface area contributed by atoms with E-state index in [0.29, 0.717) is 0 Å². The minimum Gasteiger partial charge on any atom is -0.396 e. The summed E-state index contributed by atoms with van der Waals surface area (Å²) < 4.78 is 0. The first-order valence-electron chi connectivity index (χ1n) is 7.72. The maximum Gasteiger partial charge on any atom is 0.0465 e. The molecule has 21 heavy (non-hydrogen) atoms. The number of aliphatic hydroxyl groups is 1. The van der Waals surface area contributed by atoms with Crippen molar-refractivity contribution < 1.29 is 5.11 Å². The summed E-state index contributed by atoms with van der Waals surface area (Å²) in [5.41, 5.74) is 7.98. The van der Waals surface area contributed by atoms with Crippen LogP contribution in [-0.2, 0) is 12.8 Å². The highest BCUT2D eigenvalue weighted by Crippen LogP contribution is 2.22. The molecule has 0 aliphatic rings. The van der Waals surface area contributed by atoms with Gasteiger partial charge in [0.15, 0.2) is 0 Å². The molecule has 0 radical (unpaired) electrons. The SMILES string of the molecule is Cc1ccc(CC(CO)Cc2c(C)cc(C)cc2C)cc1. The van der Waals surface area contributed by atoms with Gasteiger partial charge in [-0.1, -0.05) is 47.5 Å². The molecule has 0 fully saturated rings. The van der Waals surface area contributed by atoms with Crippen LogP contribution in [0.3, 0.4) is 0 Å². The lowest BCUT2D eigenvalue weighted by atomic mass is 9.88. The van der Waals surface area contributed by atoms with Crippen LogP contribution in [-0.4, -0.2) is 11.7 Å². The molecule has 2 aromatic carbocycles. The van der Waals surface area contributed by atoms with Crippen LogP contribution < -0.4 is 0 Å². The van der Waals surface area contributed by atoms with Gasteiger partial charge in [-0.2, -0.15) is 0 Å². The van der Waals surface area contributed by atoms with Gasteiger partial charge in [0, 0.05) is 6.61 Å². The van der Waals surface area contributed by atoms with Crippen molar-refractivity contribution in [2.24, 2.45) is 5.92 Å². The third-order valence-corrected chi connectivity index (χ3v) is 4.24. The van der Waals surface area contributed by atoms with Crippen LogP contribution in [0, 0.1) is 33.6 Å². The van der Waals surface area contributed by atoms with Crippen molar-refractivity contribution in [3.8, 4) is 0 Å². The quantitative estimate of drug-likeness (QED) is 0.866. The van der Waals surface area contributed by atoms with Crippen molar-refractivity contribution in [3.63, 3.8) is 0 Å². The molecule has 112 valence electrons. The molecule has 0 spiro atoms. The van der Waals surface area contributed by atoms with Crippen LogP contribution in [0.15, 0.2) is 36.4 Å². The Kier molecular flexibility index (Phi) is 5.19. The minimum absolute atomic E-state index is 0.237. The van der Waals surface area contributed by atoms with Crippen molar-refractivity contribution in [2.75, 3.05) is 6.61 Å². The van der Waals surface area contributed by atoms with Crippen LogP contribution in [0.1, 0.15) is 33.4 Å². The second-order valence-corrected chi connectivity index (χ2v) is 6.32. The van der Waals surface area contributed by atoms with E-state index in [9.17, 15) is 5.11 Å². The van der Waals surface area contributed by atoms with Gasteiger partial charge in [-0.3, -0.25) is 0 Å². The van der Waals surface area contributed by atoms with E-state index in [1.165, 1.54) is 33.4 Å². The highest BCUT2D eigenvalue weighted by atomic mass is 16.3. The van der Waals surface area contributed by atoms with Crippen LogP contribution >= 0.6 is 0 Å². The van der Waals surface area contributed by atoms with E-state index in [0.717, 1.165) is 12.8 Å². The van der Waals surface area contributed by atoms with Gasteiger partial charge in [0.2, 0.25) is 0 Å². The van der Waals surface area contributed by atoms with E-state index in [1.807, 2.05) is 0 Å². The average molecular weight is 282 g/mol. The molecule has 0 bridgehead atoms. The number of aliphatic hydroxyl groups excluding tert-OH is 1. The first-order chi connectivity index (χ1) is 9.99. The van der Waals surface area contributed by atoms with Crippen LogP contribution in [0.25, 0.3) is 0 Å². The van der Waals surface area contributed by atoms with Gasteiger partial charge < -0.3 is 5.11 Å². The van der Waals surface area contributed by atoms with Crippen LogP contribution in [0.2, 0.25) is 0 Å². The maximum atomic E-state index is 9.74. The van der Waals surface area contributed by atoms with E-state index < -0.39 is 0 Å². The zero-order chi connectivity index (χ0) is 15.4. The Balaban J connectivity index is 2.14. The minimum atomic E-state index is 0.237. The molecule has 0 saturated carbocycles. The predicted molar refractivity (Wildman–Crippen MR) is 89.8 cm³/mol.